The summed E-state index contributed by atoms with van der Waals surface area (Å²) in [7, 11) is 0. The molecule has 14 heavy (non-hydrogen) atoms. The maximum Gasteiger partial charge on any atom is 0.121 e. The van der Waals surface area contributed by atoms with Gasteiger partial charge in [-0.3, -0.25) is 0 Å². The van der Waals surface area contributed by atoms with Gasteiger partial charge in [0.1, 0.15) is 5.41 Å². The third-order valence-corrected chi connectivity index (χ3v) is 2.34. The van der Waals surface area contributed by atoms with Crippen molar-refractivity contribution in [2.75, 3.05) is 0 Å². The molecule has 0 aliphatic carbocycles. The van der Waals surface area contributed by atoms with Crippen LogP contribution in [-0.2, 0) is 10.2 Å². The highest BCUT2D eigenvalue weighted by Gasteiger charge is 2.31. The summed E-state index contributed by atoms with van der Waals surface area (Å²) in [5, 5.41) is 19.9. The zero-order valence-electron chi connectivity index (χ0n) is 7.86. The summed E-state index contributed by atoms with van der Waals surface area (Å²) in [4.78, 5) is 11.0. The van der Waals surface area contributed by atoms with Crippen molar-refractivity contribution in [3.05, 3.63) is 35.9 Å². The first-order chi connectivity index (χ1) is 6.67. The molecule has 0 bridgehead atoms. The van der Waals surface area contributed by atoms with Crippen LogP contribution in [0.2, 0.25) is 0 Å². The summed E-state index contributed by atoms with van der Waals surface area (Å²) < 4.78 is 0. The average molecular weight is 188 g/mol. The summed E-state index contributed by atoms with van der Waals surface area (Å²) in [6.07, 6.45) is 0.204. The van der Waals surface area contributed by atoms with E-state index in [0.29, 0.717) is 5.56 Å². The van der Waals surface area contributed by atoms with Gasteiger partial charge in [-0.05, 0) is 12.0 Å². The number of rotatable bonds is 3. The number of hydrogen-bond donors (Lipinski definition) is 0. The first-order valence-corrected chi connectivity index (χ1v) is 4.35. The molecular weight excluding hydrogens is 178 g/mol. The lowest BCUT2D eigenvalue weighted by molar-refractivity contribution is -0.311. The van der Waals surface area contributed by atoms with E-state index in [9.17, 15) is 9.90 Å². The summed E-state index contributed by atoms with van der Waals surface area (Å²) in [5.41, 5.74) is -1.04. The second kappa shape index (κ2) is 3.93. The normalized spacial score (nSPS) is 14.0. The maximum atomic E-state index is 11.0. The molecule has 0 N–H and O–H groups in total. The largest absolute Gasteiger partial charge is 0.548 e. The van der Waals surface area contributed by atoms with Crippen LogP contribution in [0.5, 0.6) is 0 Å². The van der Waals surface area contributed by atoms with E-state index in [1.807, 2.05) is 6.07 Å². The van der Waals surface area contributed by atoms with Crippen LogP contribution in [0.3, 0.4) is 0 Å². The number of hydrogen-bond acceptors (Lipinski definition) is 3. The molecule has 1 aromatic rings. The molecule has 0 aromatic heterocycles. The van der Waals surface area contributed by atoms with Crippen molar-refractivity contribution in [2.24, 2.45) is 0 Å². The summed E-state index contributed by atoms with van der Waals surface area (Å²) in [6, 6.07) is 10.3. The van der Waals surface area contributed by atoms with Crippen LogP contribution in [0.25, 0.3) is 0 Å². The van der Waals surface area contributed by atoms with Gasteiger partial charge in [0.2, 0.25) is 0 Å². The fourth-order valence-corrected chi connectivity index (χ4v) is 1.38. The zero-order valence-corrected chi connectivity index (χ0v) is 7.86. The molecule has 72 valence electrons. The van der Waals surface area contributed by atoms with E-state index in [0.717, 1.165) is 0 Å². The summed E-state index contributed by atoms with van der Waals surface area (Å²) in [5.74, 6) is -1.34. The predicted molar refractivity (Wildman–Crippen MR) is 49.0 cm³/mol. The Kier molecular flexibility index (Phi) is 2.88. The zero-order chi connectivity index (χ0) is 10.6. The highest BCUT2D eigenvalue weighted by Crippen LogP contribution is 2.26. The number of aliphatic carboxylic acids is 1. The summed E-state index contributed by atoms with van der Waals surface area (Å²) in [6.45, 7) is 1.66. The molecule has 1 rings (SSSR count). The van der Waals surface area contributed by atoms with Crippen LogP contribution in [0.15, 0.2) is 30.3 Å². The number of nitrogens with zero attached hydrogens (tertiary/aromatic N) is 1. The van der Waals surface area contributed by atoms with E-state index in [4.69, 9.17) is 5.26 Å². The van der Waals surface area contributed by atoms with Crippen molar-refractivity contribution in [1.29, 1.82) is 5.26 Å². The predicted octanol–water partition coefficient (Wildman–Crippen LogP) is 0.608. The Morgan fingerprint density at radius 2 is 2.07 bits per heavy atom. The van der Waals surface area contributed by atoms with E-state index >= 15 is 0 Å². The van der Waals surface area contributed by atoms with Gasteiger partial charge in [-0.25, -0.2) is 0 Å². The van der Waals surface area contributed by atoms with Gasteiger partial charge in [0, 0.05) is 0 Å². The molecule has 0 amide bonds. The number of nitriles is 1. The number of carbonyl (C=O) groups excluding carboxylic acids is 1. The average Bonchev–Trinajstić information content (AvgIpc) is 2.22. The number of carboxylic acid groups (broad SMARTS) is 1. The van der Waals surface area contributed by atoms with Crippen molar-refractivity contribution in [3.63, 3.8) is 0 Å². The van der Waals surface area contributed by atoms with Gasteiger partial charge in [0.05, 0.1) is 12.0 Å². The maximum absolute atomic E-state index is 11.0. The second-order valence-electron chi connectivity index (χ2n) is 3.02. The molecule has 1 unspecified atom stereocenters. The summed E-state index contributed by atoms with van der Waals surface area (Å²) >= 11 is 0. The van der Waals surface area contributed by atoms with Crippen molar-refractivity contribution >= 4 is 5.97 Å². The second-order valence-corrected chi connectivity index (χ2v) is 3.02. The van der Waals surface area contributed by atoms with Crippen LogP contribution in [0.4, 0.5) is 0 Å². The van der Waals surface area contributed by atoms with E-state index < -0.39 is 11.4 Å². The fraction of sp³-hybridized carbons (Fsp3) is 0.273. The van der Waals surface area contributed by atoms with Gasteiger partial charge in [-0.2, -0.15) is 5.26 Å². The number of benzene rings is 1. The van der Waals surface area contributed by atoms with Crippen LogP contribution in [0, 0.1) is 11.3 Å². The standard InChI is InChI=1S/C11H11NO2/c1-2-11(8-12,10(13)14)9-6-4-3-5-7-9/h3-7H,2H2,1H3,(H,13,14)/p-1. The highest BCUT2D eigenvalue weighted by atomic mass is 16.4. The Hall–Kier alpha value is -1.82. The van der Waals surface area contributed by atoms with Crippen LogP contribution >= 0.6 is 0 Å². The van der Waals surface area contributed by atoms with Crippen molar-refractivity contribution in [1.82, 2.24) is 0 Å². The smallest absolute Gasteiger partial charge is 0.121 e. The Morgan fingerprint density at radius 3 is 2.43 bits per heavy atom. The van der Waals surface area contributed by atoms with Gasteiger partial charge in [0.15, 0.2) is 0 Å². The minimum atomic E-state index is -1.51. The molecular formula is C11H10NO2-. The number of carbonyl (C=O) groups is 1. The molecule has 3 heteroatoms. The number of carboxylic acids is 1. The quantitative estimate of drug-likeness (QED) is 0.698. The molecule has 0 saturated heterocycles. The van der Waals surface area contributed by atoms with E-state index in [1.54, 1.807) is 37.3 Å². The lowest BCUT2D eigenvalue weighted by atomic mass is 9.80. The van der Waals surface area contributed by atoms with Crippen LogP contribution < -0.4 is 5.11 Å². The molecule has 1 atom stereocenters. The van der Waals surface area contributed by atoms with Crippen LogP contribution in [-0.4, -0.2) is 5.97 Å². The minimum Gasteiger partial charge on any atom is -0.548 e. The van der Waals surface area contributed by atoms with Crippen molar-refractivity contribution < 1.29 is 9.90 Å². The molecule has 0 spiro atoms. The van der Waals surface area contributed by atoms with E-state index in [-0.39, 0.29) is 6.42 Å². The fourth-order valence-electron chi connectivity index (χ4n) is 1.38. The molecule has 0 heterocycles. The Bertz CT molecular complexity index is 367. The van der Waals surface area contributed by atoms with Crippen molar-refractivity contribution in [3.8, 4) is 6.07 Å². The van der Waals surface area contributed by atoms with Crippen molar-refractivity contribution in [2.45, 2.75) is 18.8 Å². The Labute approximate surface area is 82.6 Å². The molecule has 0 aliphatic heterocycles. The van der Waals surface area contributed by atoms with Gasteiger partial charge in [-0.1, -0.05) is 37.3 Å². The van der Waals surface area contributed by atoms with E-state index in [2.05, 4.69) is 0 Å². The Balaban J connectivity index is 3.27. The van der Waals surface area contributed by atoms with Crippen LogP contribution in [0.1, 0.15) is 18.9 Å². The third-order valence-electron chi connectivity index (χ3n) is 2.34. The SMILES string of the molecule is CCC(C#N)(C(=O)[O-])c1ccccc1. The van der Waals surface area contributed by atoms with Gasteiger partial charge in [-0.15, -0.1) is 0 Å². The molecule has 0 aliphatic rings. The molecule has 1 aromatic carbocycles. The Morgan fingerprint density at radius 1 is 1.50 bits per heavy atom. The first-order valence-electron chi connectivity index (χ1n) is 4.35. The monoisotopic (exact) mass is 188 g/mol. The van der Waals surface area contributed by atoms with Gasteiger partial charge >= 0.3 is 0 Å². The molecule has 0 radical (unpaired) electrons. The highest BCUT2D eigenvalue weighted by molar-refractivity contribution is 5.83. The molecule has 0 fully saturated rings. The first kappa shape index (κ1) is 10.3. The topological polar surface area (TPSA) is 63.9 Å². The third kappa shape index (κ3) is 1.47. The lowest BCUT2D eigenvalue weighted by Gasteiger charge is -2.26. The van der Waals surface area contributed by atoms with Gasteiger partial charge in [0.25, 0.3) is 0 Å². The lowest BCUT2D eigenvalue weighted by Crippen LogP contribution is -2.44. The minimum absolute atomic E-state index is 0.204. The van der Waals surface area contributed by atoms with Gasteiger partial charge < -0.3 is 9.90 Å². The molecule has 0 saturated carbocycles. The van der Waals surface area contributed by atoms with E-state index in [1.165, 1.54) is 0 Å². The molecule has 3 nitrogen and oxygen atoms in total.